The average Bonchev–Trinajstić information content (AvgIpc) is 2.70. The van der Waals surface area contributed by atoms with Crippen LogP contribution in [-0.2, 0) is 9.53 Å². The number of aliphatic hydroxyl groups excluding tert-OH is 1. The molecule has 0 aliphatic carbocycles. The lowest BCUT2D eigenvalue weighted by atomic mass is 10.0. The van der Waals surface area contributed by atoms with Crippen molar-refractivity contribution >= 4 is 5.97 Å². The summed E-state index contributed by atoms with van der Waals surface area (Å²) in [5, 5.41) is 10.1. The second-order valence-corrected chi connectivity index (χ2v) is 7.44. The fourth-order valence-electron chi connectivity index (χ4n) is 3.20. The van der Waals surface area contributed by atoms with Gasteiger partial charge in [-0.15, -0.1) is 0 Å². The monoisotopic (exact) mass is 377 g/mol. The molecule has 0 aromatic heterocycles. The van der Waals surface area contributed by atoms with E-state index in [4.69, 9.17) is 10.5 Å². The van der Waals surface area contributed by atoms with E-state index in [9.17, 15) is 9.90 Å². The largest absolute Gasteiger partial charge is 0.464 e. The van der Waals surface area contributed by atoms with Crippen LogP contribution in [0.2, 0.25) is 0 Å². The second-order valence-electron chi connectivity index (χ2n) is 7.44. The quantitative estimate of drug-likeness (QED) is 0.303. The smallest absolute Gasteiger partial charge is 0.325 e. The third-order valence-corrected chi connectivity index (χ3v) is 5.00. The number of carbonyl (C=O) groups excluding carboxylic acids is 1. The van der Waals surface area contributed by atoms with E-state index in [1.165, 1.54) is 64.2 Å². The predicted octanol–water partition coefficient (Wildman–Crippen LogP) is 5.29. The molecule has 0 unspecified atom stereocenters. The number of hydrogen-bond acceptors (Lipinski definition) is 4. The summed E-state index contributed by atoms with van der Waals surface area (Å²) in [6, 6.07) is 7.94. The molecule has 4 nitrogen and oxygen atoms in total. The Bertz CT molecular complexity index is 478. The molecule has 0 saturated carbocycles. The van der Waals surface area contributed by atoms with Gasteiger partial charge in [-0.25, -0.2) is 0 Å². The van der Waals surface area contributed by atoms with Crippen LogP contribution in [0.4, 0.5) is 0 Å². The Morgan fingerprint density at radius 3 is 1.89 bits per heavy atom. The van der Waals surface area contributed by atoms with Crippen molar-refractivity contribution in [3.8, 4) is 0 Å². The number of aliphatic hydroxyl groups is 1. The zero-order chi connectivity index (χ0) is 19.7. The molecule has 2 atom stereocenters. The number of unbranched alkanes of at least 4 members (excludes halogenated alkanes) is 11. The van der Waals surface area contributed by atoms with Crippen LogP contribution < -0.4 is 5.73 Å². The lowest BCUT2D eigenvalue weighted by Gasteiger charge is -2.18. The molecule has 0 radical (unpaired) electrons. The van der Waals surface area contributed by atoms with E-state index in [1.807, 2.05) is 18.2 Å². The minimum Gasteiger partial charge on any atom is -0.464 e. The lowest BCUT2D eigenvalue weighted by Crippen LogP contribution is -2.38. The van der Waals surface area contributed by atoms with Crippen LogP contribution >= 0.6 is 0 Å². The highest BCUT2D eigenvalue weighted by atomic mass is 16.5. The molecular weight excluding hydrogens is 338 g/mol. The molecule has 154 valence electrons. The van der Waals surface area contributed by atoms with Gasteiger partial charge in [0.1, 0.15) is 12.1 Å². The van der Waals surface area contributed by atoms with Gasteiger partial charge in [-0.2, -0.15) is 0 Å². The van der Waals surface area contributed by atoms with Gasteiger partial charge >= 0.3 is 5.97 Å². The van der Waals surface area contributed by atoms with E-state index in [1.54, 1.807) is 12.1 Å². The Morgan fingerprint density at radius 1 is 0.889 bits per heavy atom. The van der Waals surface area contributed by atoms with E-state index in [2.05, 4.69) is 6.92 Å². The Labute approximate surface area is 165 Å². The molecule has 0 spiro atoms. The van der Waals surface area contributed by atoms with Gasteiger partial charge in [-0.3, -0.25) is 4.79 Å². The number of hydrogen-bond donors (Lipinski definition) is 2. The molecule has 0 fully saturated rings. The van der Waals surface area contributed by atoms with Crippen LogP contribution in [0.15, 0.2) is 30.3 Å². The summed E-state index contributed by atoms with van der Waals surface area (Å²) < 4.78 is 5.21. The highest BCUT2D eigenvalue weighted by Crippen LogP contribution is 2.16. The normalized spacial score (nSPS) is 13.3. The number of benzene rings is 1. The number of rotatable bonds is 16. The maximum atomic E-state index is 12.0. The maximum absolute atomic E-state index is 12.0. The van der Waals surface area contributed by atoms with Crippen molar-refractivity contribution in [1.29, 1.82) is 0 Å². The fraction of sp³-hybridized carbons (Fsp3) is 0.696. The molecule has 3 N–H and O–H groups in total. The first-order valence-corrected chi connectivity index (χ1v) is 10.8. The molecule has 1 rings (SSSR count). The van der Waals surface area contributed by atoms with Crippen molar-refractivity contribution in [2.45, 2.75) is 96.1 Å². The molecule has 0 saturated heterocycles. The molecule has 0 heterocycles. The summed E-state index contributed by atoms with van der Waals surface area (Å²) in [7, 11) is 0. The Hall–Kier alpha value is -1.39. The van der Waals surface area contributed by atoms with Crippen LogP contribution in [-0.4, -0.2) is 23.7 Å². The SMILES string of the molecule is CCCCCCCCCCCCCCOC(=O)[C@@H](N)[C@@H](O)c1ccccc1. The molecule has 1 aromatic carbocycles. The van der Waals surface area contributed by atoms with Crippen molar-refractivity contribution in [2.24, 2.45) is 5.73 Å². The van der Waals surface area contributed by atoms with Crippen molar-refractivity contribution < 1.29 is 14.6 Å². The van der Waals surface area contributed by atoms with Crippen LogP contribution in [0.1, 0.15) is 95.6 Å². The first kappa shape index (κ1) is 23.6. The van der Waals surface area contributed by atoms with Crippen molar-refractivity contribution in [3.05, 3.63) is 35.9 Å². The van der Waals surface area contributed by atoms with Gasteiger partial charge in [0.25, 0.3) is 0 Å². The van der Waals surface area contributed by atoms with Crippen molar-refractivity contribution in [1.82, 2.24) is 0 Å². The van der Waals surface area contributed by atoms with E-state index >= 15 is 0 Å². The summed E-state index contributed by atoms with van der Waals surface area (Å²) in [6.07, 6.45) is 14.2. The molecule has 0 aliphatic rings. The molecule has 1 aromatic rings. The van der Waals surface area contributed by atoms with Gasteiger partial charge in [0.2, 0.25) is 0 Å². The van der Waals surface area contributed by atoms with Crippen LogP contribution in [0, 0.1) is 0 Å². The topological polar surface area (TPSA) is 72.5 Å². The molecule has 0 bridgehead atoms. The van der Waals surface area contributed by atoms with Crippen LogP contribution in [0.5, 0.6) is 0 Å². The Kier molecular flexibility index (Phi) is 13.7. The number of nitrogens with two attached hydrogens (primary N) is 1. The fourth-order valence-corrected chi connectivity index (χ4v) is 3.20. The van der Waals surface area contributed by atoms with E-state index < -0.39 is 18.1 Å². The van der Waals surface area contributed by atoms with Gasteiger partial charge in [0.05, 0.1) is 6.61 Å². The zero-order valence-corrected chi connectivity index (χ0v) is 17.1. The molecule has 27 heavy (non-hydrogen) atoms. The first-order valence-electron chi connectivity index (χ1n) is 10.8. The van der Waals surface area contributed by atoms with Gasteiger partial charge in [-0.05, 0) is 12.0 Å². The summed E-state index contributed by atoms with van der Waals surface area (Å²) in [5.41, 5.74) is 6.45. The Morgan fingerprint density at radius 2 is 1.37 bits per heavy atom. The molecule has 4 heteroatoms. The minimum absolute atomic E-state index is 0.380. The summed E-state index contributed by atoms with van der Waals surface area (Å²) in [4.78, 5) is 12.0. The van der Waals surface area contributed by atoms with Crippen LogP contribution in [0.25, 0.3) is 0 Å². The van der Waals surface area contributed by atoms with Gasteiger partial charge in [-0.1, -0.05) is 108 Å². The third kappa shape index (κ3) is 11.1. The first-order chi connectivity index (χ1) is 13.2. The summed E-state index contributed by atoms with van der Waals surface area (Å²) >= 11 is 0. The maximum Gasteiger partial charge on any atom is 0.325 e. The molecule has 0 aliphatic heterocycles. The van der Waals surface area contributed by atoms with Gasteiger partial charge in [0, 0.05) is 0 Å². The highest BCUT2D eigenvalue weighted by molar-refractivity contribution is 5.76. The summed E-state index contributed by atoms with van der Waals surface area (Å²) in [5.74, 6) is -0.533. The number of esters is 1. The predicted molar refractivity (Wildman–Crippen MR) is 111 cm³/mol. The minimum atomic E-state index is -1.04. The van der Waals surface area contributed by atoms with E-state index in [0.717, 1.165) is 12.8 Å². The van der Waals surface area contributed by atoms with Gasteiger partial charge in [0.15, 0.2) is 0 Å². The van der Waals surface area contributed by atoms with E-state index in [-0.39, 0.29) is 0 Å². The van der Waals surface area contributed by atoms with E-state index in [0.29, 0.717) is 12.2 Å². The standard InChI is InChI=1S/C23H39NO3/c1-2-3-4-5-6-7-8-9-10-11-12-16-19-27-23(26)21(24)22(25)20-17-14-13-15-18-20/h13-15,17-18,21-22,25H,2-12,16,19,24H2,1H3/t21-,22-/m0/s1. The second kappa shape index (κ2) is 15.6. The summed E-state index contributed by atoms with van der Waals surface area (Å²) in [6.45, 7) is 2.63. The lowest BCUT2D eigenvalue weighted by molar-refractivity contribution is -0.148. The number of ether oxygens (including phenoxy) is 1. The Balaban J connectivity index is 1.96. The molecular formula is C23H39NO3. The average molecular weight is 378 g/mol. The number of carbonyl (C=O) groups is 1. The third-order valence-electron chi connectivity index (χ3n) is 5.00. The van der Waals surface area contributed by atoms with Gasteiger partial charge < -0.3 is 15.6 Å². The van der Waals surface area contributed by atoms with Crippen LogP contribution in [0.3, 0.4) is 0 Å². The van der Waals surface area contributed by atoms with Crippen molar-refractivity contribution in [3.63, 3.8) is 0 Å². The highest BCUT2D eigenvalue weighted by Gasteiger charge is 2.25. The van der Waals surface area contributed by atoms with Crippen molar-refractivity contribution in [2.75, 3.05) is 6.61 Å². The molecule has 0 amide bonds. The zero-order valence-electron chi connectivity index (χ0n) is 17.1.